The fraction of sp³-hybridized carbons (Fsp3) is 0.409. The average molecular weight is 500 g/mol. The van der Waals surface area contributed by atoms with Crippen LogP contribution in [0.2, 0.25) is 5.02 Å². The van der Waals surface area contributed by atoms with Crippen molar-refractivity contribution < 1.29 is 27.8 Å². The summed E-state index contributed by atoms with van der Waals surface area (Å²) in [6.45, 7) is 0.288. The number of hydrogen-bond donors (Lipinski definition) is 2. The minimum Gasteiger partial charge on any atom is -0.495 e. The molecule has 0 bridgehead atoms. The highest BCUT2D eigenvalue weighted by atomic mass is 35.5. The maximum Gasteiger partial charge on any atom is 0.393 e. The highest BCUT2D eigenvalue weighted by Crippen LogP contribution is 2.50. The van der Waals surface area contributed by atoms with Crippen LogP contribution in [0.1, 0.15) is 30.7 Å². The first-order valence-corrected chi connectivity index (χ1v) is 11.5. The summed E-state index contributed by atoms with van der Waals surface area (Å²) in [7, 11) is 1.49. The second-order valence-electron chi connectivity index (χ2n) is 8.07. The molecule has 1 aliphatic carbocycles. The van der Waals surface area contributed by atoms with Crippen molar-refractivity contribution in [3.8, 4) is 5.75 Å². The lowest BCUT2D eigenvalue weighted by Gasteiger charge is -2.43. The fourth-order valence-corrected chi connectivity index (χ4v) is 5.47. The van der Waals surface area contributed by atoms with E-state index in [4.69, 9.17) is 16.3 Å². The Morgan fingerprint density at radius 2 is 2.18 bits per heavy atom. The Labute approximate surface area is 196 Å². The quantitative estimate of drug-likeness (QED) is 0.485. The molecule has 6 nitrogen and oxygen atoms in total. The van der Waals surface area contributed by atoms with Crippen LogP contribution in [0, 0.1) is 5.92 Å². The molecule has 1 saturated carbocycles. The second kappa shape index (κ2) is 9.08. The topological polar surface area (TPSA) is 84.3 Å². The Morgan fingerprint density at radius 3 is 2.85 bits per heavy atom. The number of aliphatic carboxylic acids is 1. The monoisotopic (exact) mass is 499 g/mol. The number of rotatable bonds is 6. The molecule has 0 aliphatic heterocycles. The molecule has 2 heterocycles. The number of thiophene rings is 1. The zero-order valence-electron chi connectivity index (χ0n) is 17.5. The zero-order valence-corrected chi connectivity index (χ0v) is 19.1. The van der Waals surface area contributed by atoms with Crippen LogP contribution in [0.3, 0.4) is 0 Å². The van der Waals surface area contributed by atoms with E-state index >= 15 is 0 Å². The number of halogens is 4. The summed E-state index contributed by atoms with van der Waals surface area (Å²) in [6, 6.07) is 6.35. The molecular weight excluding hydrogens is 479 g/mol. The lowest BCUT2D eigenvalue weighted by molar-refractivity contribution is -0.212. The minimum absolute atomic E-state index is 0.231. The maximum absolute atomic E-state index is 14.2. The third-order valence-corrected chi connectivity index (χ3v) is 7.31. The van der Waals surface area contributed by atoms with Crippen LogP contribution in [-0.4, -0.2) is 40.4 Å². The van der Waals surface area contributed by atoms with Crippen LogP contribution in [0.15, 0.2) is 35.8 Å². The van der Waals surface area contributed by atoms with Gasteiger partial charge in [0.2, 0.25) is 0 Å². The number of benzene rings is 1. The van der Waals surface area contributed by atoms with Gasteiger partial charge in [-0.2, -0.15) is 13.2 Å². The van der Waals surface area contributed by atoms with Crippen molar-refractivity contribution in [3.05, 3.63) is 52.3 Å². The van der Waals surface area contributed by atoms with Gasteiger partial charge in [0.1, 0.15) is 21.8 Å². The van der Waals surface area contributed by atoms with E-state index in [-0.39, 0.29) is 25.2 Å². The molecule has 3 atom stereocenters. The summed E-state index contributed by atoms with van der Waals surface area (Å²) in [5, 5.41) is 16.0. The molecule has 0 saturated heterocycles. The molecule has 1 aromatic carbocycles. The van der Waals surface area contributed by atoms with Gasteiger partial charge in [-0.1, -0.05) is 17.7 Å². The van der Waals surface area contributed by atoms with E-state index in [1.807, 2.05) is 0 Å². The molecule has 176 valence electrons. The average Bonchev–Trinajstić information content (AvgIpc) is 3.25. The summed E-state index contributed by atoms with van der Waals surface area (Å²) < 4.78 is 47.8. The van der Waals surface area contributed by atoms with Crippen LogP contribution in [0.5, 0.6) is 5.75 Å². The molecule has 2 aromatic heterocycles. The molecule has 2 N–H and O–H groups in total. The van der Waals surface area contributed by atoms with Crippen molar-refractivity contribution in [2.45, 2.75) is 43.4 Å². The third kappa shape index (κ3) is 4.51. The fourth-order valence-electron chi connectivity index (χ4n) is 4.45. The molecule has 0 radical (unpaired) electrons. The molecule has 1 fully saturated rings. The molecule has 33 heavy (non-hydrogen) atoms. The van der Waals surface area contributed by atoms with E-state index < -0.39 is 35.9 Å². The van der Waals surface area contributed by atoms with Crippen LogP contribution < -0.4 is 10.1 Å². The number of nitrogens with one attached hydrogen (secondary N) is 1. The lowest BCUT2D eigenvalue weighted by atomic mass is 9.63. The first kappa shape index (κ1) is 23.7. The normalized spacial score (nSPS) is 23.5. The van der Waals surface area contributed by atoms with Gasteiger partial charge in [-0.05, 0) is 48.4 Å². The number of carboxylic acid groups (broad SMARTS) is 1. The highest BCUT2D eigenvalue weighted by Gasteiger charge is 2.62. The number of nitrogens with zero attached hydrogens (tertiary/aromatic N) is 2. The molecule has 3 aromatic rings. The van der Waals surface area contributed by atoms with E-state index in [9.17, 15) is 23.1 Å². The van der Waals surface area contributed by atoms with Crippen LogP contribution in [-0.2, 0) is 16.8 Å². The van der Waals surface area contributed by atoms with Crippen LogP contribution in [0.25, 0.3) is 10.2 Å². The summed E-state index contributed by atoms with van der Waals surface area (Å²) in [5.41, 5.74) is -1.45. The van der Waals surface area contributed by atoms with E-state index in [0.29, 0.717) is 21.0 Å². The van der Waals surface area contributed by atoms with Gasteiger partial charge >= 0.3 is 12.1 Å². The van der Waals surface area contributed by atoms with E-state index in [1.165, 1.54) is 24.6 Å². The Morgan fingerprint density at radius 1 is 1.39 bits per heavy atom. The molecule has 0 spiro atoms. The number of carboxylic acids is 1. The largest absolute Gasteiger partial charge is 0.495 e. The van der Waals surface area contributed by atoms with Gasteiger partial charge in [0.05, 0.1) is 18.1 Å². The van der Waals surface area contributed by atoms with Crippen molar-refractivity contribution in [1.82, 2.24) is 15.3 Å². The summed E-state index contributed by atoms with van der Waals surface area (Å²) in [4.78, 5) is 21.2. The van der Waals surface area contributed by atoms with Crippen LogP contribution in [0.4, 0.5) is 13.2 Å². The van der Waals surface area contributed by atoms with Crippen LogP contribution >= 0.6 is 22.9 Å². The Hall–Kier alpha value is -2.43. The number of carbonyl (C=O) groups is 1. The Bertz CT molecular complexity index is 1170. The summed E-state index contributed by atoms with van der Waals surface area (Å²) in [6.07, 6.45) is -3.75. The van der Waals surface area contributed by atoms with Crippen molar-refractivity contribution in [1.29, 1.82) is 0 Å². The Balaban J connectivity index is 1.60. The van der Waals surface area contributed by atoms with Crippen molar-refractivity contribution >= 4 is 39.1 Å². The number of hydrogen-bond acceptors (Lipinski definition) is 6. The maximum atomic E-state index is 14.2. The SMILES string of the molecule is COc1ccc(CNC2CCC(C(=O)O)(c3ncc4ccsc4n3)C(C(F)(F)F)C2)cc1Cl. The number of aromatic nitrogens is 2. The minimum atomic E-state index is -4.74. The molecule has 4 rings (SSSR count). The first-order chi connectivity index (χ1) is 15.6. The number of fused-ring (bicyclic) bond motifs is 1. The predicted octanol–water partition coefficient (Wildman–Crippen LogP) is 5.20. The molecule has 1 aliphatic rings. The number of methoxy groups -OCH3 is 1. The lowest BCUT2D eigenvalue weighted by Crippen LogP contribution is -2.56. The standard InChI is InChI=1S/C22H21ClF3N3O3S/c1-32-16-3-2-12(8-15(16)23)10-27-14-4-6-21(20(30)31,17(9-14)22(24,25)26)19-28-11-13-5-7-33-18(13)29-19/h2-3,5,7-8,11,14,17,27H,4,6,9-10H2,1H3,(H,30,31). The van der Waals surface area contributed by atoms with Crippen molar-refractivity contribution in [2.75, 3.05) is 7.11 Å². The van der Waals surface area contributed by atoms with Gasteiger partial charge in [-0.3, -0.25) is 4.79 Å². The van der Waals surface area contributed by atoms with Gasteiger partial charge in [0.15, 0.2) is 0 Å². The van der Waals surface area contributed by atoms with Crippen molar-refractivity contribution in [2.24, 2.45) is 5.92 Å². The Kier molecular flexibility index (Phi) is 6.52. The van der Waals surface area contributed by atoms with Gasteiger partial charge in [-0.25, -0.2) is 9.97 Å². The smallest absolute Gasteiger partial charge is 0.393 e. The summed E-state index contributed by atoms with van der Waals surface area (Å²) >= 11 is 7.36. The third-order valence-electron chi connectivity index (χ3n) is 6.20. The molecule has 11 heteroatoms. The van der Waals surface area contributed by atoms with E-state index in [1.54, 1.807) is 29.6 Å². The summed E-state index contributed by atoms with van der Waals surface area (Å²) in [5.74, 6) is -3.47. The molecule has 0 amide bonds. The van der Waals surface area contributed by atoms with Crippen molar-refractivity contribution in [3.63, 3.8) is 0 Å². The van der Waals surface area contributed by atoms with E-state index in [0.717, 1.165) is 5.56 Å². The van der Waals surface area contributed by atoms with E-state index in [2.05, 4.69) is 15.3 Å². The first-order valence-electron chi connectivity index (χ1n) is 10.2. The van der Waals surface area contributed by atoms with Gasteiger partial charge in [-0.15, -0.1) is 11.3 Å². The van der Waals surface area contributed by atoms with Gasteiger partial charge in [0, 0.05) is 24.2 Å². The number of ether oxygens (including phenoxy) is 1. The second-order valence-corrected chi connectivity index (χ2v) is 9.37. The highest BCUT2D eigenvalue weighted by molar-refractivity contribution is 7.16. The molecular formula is C22H21ClF3N3O3S. The van der Waals surface area contributed by atoms with Gasteiger partial charge < -0.3 is 15.2 Å². The predicted molar refractivity (Wildman–Crippen MR) is 119 cm³/mol. The molecule has 3 unspecified atom stereocenters. The van der Waals surface area contributed by atoms with Gasteiger partial charge in [0.25, 0.3) is 0 Å². The number of alkyl halides is 3. The zero-order chi connectivity index (χ0) is 23.8.